The monoisotopic (exact) mass is 272 g/mol. The second kappa shape index (κ2) is 9.76. The van der Waals surface area contributed by atoms with Crippen LogP contribution in [0.4, 0.5) is 5.13 Å². The lowest BCUT2D eigenvalue weighted by atomic mass is 10.3. The third-order valence-corrected chi connectivity index (χ3v) is 3.23. The average molecular weight is 272 g/mol. The summed E-state index contributed by atoms with van der Waals surface area (Å²) in [6.07, 6.45) is 1.26. The van der Waals surface area contributed by atoms with Gasteiger partial charge < -0.3 is 9.64 Å². The summed E-state index contributed by atoms with van der Waals surface area (Å²) in [7, 11) is 1.73. The first kappa shape index (κ1) is 16.8. The van der Waals surface area contributed by atoms with E-state index in [-0.39, 0.29) is 6.15 Å². The van der Waals surface area contributed by atoms with Crippen molar-refractivity contribution in [3.63, 3.8) is 0 Å². The Labute approximate surface area is 112 Å². The zero-order chi connectivity index (χ0) is 14.0. The molecule has 0 amide bonds. The smallest absolute Gasteiger partial charge is 0.373 e. The minimum Gasteiger partial charge on any atom is -0.383 e. The van der Waals surface area contributed by atoms with Gasteiger partial charge in [-0.1, -0.05) is 6.92 Å². The van der Waals surface area contributed by atoms with Crippen LogP contribution in [-0.2, 0) is 20.7 Å². The first-order chi connectivity index (χ1) is 8.60. The Morgan fingerprint density at radius 2 is 2.11 bits per heavy atom. The summed E-state index contributed by atoms with van der Waals surface area (Å²) >= 11 is 1.72. The van der Waals surface area contributed by atoms with Crippen molar-refractivity contribution in [1.29, 1.82) is 0 Å². The van der Waals surface area contributed by atoms with Crippen LogP contribution in [0.1, 0.15) is 26.5 Å². The molecule has 5 nitrogen and oxygen atoms in total. The number of aromatic nitrogens is 1. The van der Waals surface area contributed by atoms with Crippen molar-refractivity contribution >= 4 is 22.6 Å². The Hall–Kier alpha value is -1.23. The van der Waals surface area contributed by atoms with Crippen molar-refractivity contribution < 1.29 is 14.3 Å². The lowest BCUT2D eigenvalue weighted by molar-refractivity contribution is -0.191. The molecule has 0 aliphatic rings. The van der Waals surface area contributed by atoms with Gasteiger partial charge in [0.25, 0.3) is 0 Å². The summed E-state index contributed by atoms with van der Waals surface area (Å²) in [5, 5.41) is 3.25. The van der Waals surface area contributed by atoms with Gasteiger partial charge in [0.1, 0.15) is 0 Å². The summed E-state index contributed by atoms with van der Waals surface area (Å²) in [4.78, 5) is 23.1. The maximum atomic E-state index is 8.12. The summed E-state index contributed by atoms with van der Waals surface area (Å²) in [6, 6.07) is 0.469. The van der Waals surface area contributed by atoms with E-state index in [1.807, 2.05) is 0 Å². The predicted molar refractivity (Wildman–Crippen MR) is 70.9 cm³/mol. The van der Waals surface area contributed by atoms with Gasteiger partial charge in [0.15, 0.2) is 5.13 Å². The highest BCUT2D eigenvalue weighted by Gasteiger charge is 2.13. The quantitative estimate of drug-likeness (QED) is 0.792. The number of anilines is 1. The maximum absolute atomic E-state index is 8.12. The van der Waals surface area contributed by atoms with Gasteiger partial charge in [-0.25, -0.2) is 4.98 Å². The third kappa shape index (κ3) is 5.91. The van der Waals surface area contributed by atoms with Crippen LogP contribution in [0, 0.1) is 0 Å². The van der Waals surface area contributed by atoms with Crippen LogP contribution in [0.5, 0.6) is 0 Å². The normalized spacial score (nSPS) is 9.61. The number of thiazole rings is 1. The van der Waals surface area contributed by atoms with Crippen molar-refractivity contribution in [2.45, 2.75) is 33.2 Å². The molecule has 0 aliphatic carbocycles. The van der Waals surface area contributed by atoms with Gasteiger partial charge in [0.05, 0.1) is 12.3 Å². The first-order valence-electron chi connectivity index (χ1n) is 5.79. The highest BCUT2D eigenvalue weighted by Crippen LogP contribution is 2.22. The summed E-state index contributed by atoms with van der Waals surface area (Å²) in [6.45, 7) is 8.16. The fourth-order valence-corrected chi connectivity index (χ4v) is 2.42. The zero-order valence-corrected chi connectivity index (χ0v) is 12.1. The molecule has 1 heterocycles. The van der Waals surface area contributed by atoms with E-state index < -0.39 is 0 Å². The van der Waals surface area contributed by atoms with Gasteiger partial charge >= 0.3 is 6.15 Å². The van der Waals surface area contributed by atoms with Crippen molar-refractivity contribution in [2.24, 2.45) is 0 Å². The lowest BCUT2D eigenvalue weighted by Crippen LogP contribution is -2.33. The topological polar surface area (TPSA) is 59.5 Å². The average Bonchev–Trinajstić information content (AvgIpc) is 2.79. The Balaban J connectivity index is 0.000000873. The van der Waals surface area contributed by atoms with Gasteiger partial charge in [-0.15, -0.1) is 11.3 Å². The lowest BCUT2D eigenvalue weighted by Gasteiger charge is -2.25. The number of aryl methyl sites for hydroxylation is 1. The van der Waals surface area contributed by atoms with Crippen LogP contribution in [0.2, 0.25) is 0 Å². The van der Waals surface area contributed by atoms with E-state index in [0.29, 0.717) is 6.04 Å². The SMILES string of the molecule is CCc1csc(N(CCOC)C(C)C)n1.O=C=O. The molecule has 0 spiro atoms. The highest BCUT2D eigenvalue weighted by atomic mass is 32.1. The molecular formula is C12H20N2O3S. The Kier molecular flexibility index (Phi) is 9.10. The second-order valence-corrected chi connectivity index (χ2v) is 4.67. The number of hydrogen-bond donors (Lipinski definition) is 0. The fraction of sp³-hybridized carbons (Fsp3) is 0.667. The molecule has 1 aromatic heterocycles. The van der Waals surface area contributed by atoms with Gasteiger partial charge in [-0.2, -0.15) is 9.59 Å². The van der Waals surface area contributed by atoms with Crippen molar-refractivity contribution in [3.05, 3.63) is 11.1 Å². The number of carbonyl (C=O) groups excluding carboxylic acids is 2. The fourth-order valence-electron chi connectivity index (χ4n) is 1.35. The molecule has 0 unspecified atom stereocenters. The predicted octanol–water partition coefficient (Wildman–Crippen LogP) is 1.98. The third-order valence-electron chi connectivity index (χ3n) is 2.31. The van der Waals surface area contributed by atoms with E-state index in [0.717, 1.165) is 24.7 Å². The van der Waals surface area contributed by atoms with Crippen molar-refractivity contribution in [1.82, 2.24) is 4.98 Å². The molecule has 0 aromatic carbocycles. The van der Waals surface area contributed by atoms with Crippen molar-refractivity contribution in [3.8, 4) is 0 Å². The Morgan fingerprint density at radius 3 is 2.50 bits per heavy atom. The van der Waals surface area contributed by atoms with E-state index in [2.05, 4.69) is 36.0 Å². The Morgan fingerprint density at radius 1 is 1.50 bits per heavy atom. The maximum Gasteiger partial charge on any atom is 0.373 e. The molecule has 0 aliphatic heterocycles. The van der Waals surface area contributed by atoms with Crippen LogP contribution in [0.15, 0.2) is 5.38 Å². The van der Waals surface area contributed by atoms with Crippen LogP contribution in [0.3, 0.4) is 0 Å². The summed E-state index contributed by atoms with van der Waals surface area (Å²) in [5.41, 5.74) is 1.18. The van der Waals surface area contributed by atoms with Crippen LogP contribution < -0.4 is 4.90 Å². The molecule has 0 fully saturated rings. The number of methoxy groups -OCH3 is 1. The number of rotatable bonds is 6. The van der Waals surface area contributed by atoms with Crippen LogP contribution in [0.25, 0.3) is 0 Å². The molecule has 102 valence electrons. The molecule has 0 saturated heterocycles. The van der Waals surface area contributed by atoms with Gasteiger partial charge in [0.2, 0.25) is 0 Å². The number of hydrogen-bond acceptors (Lipinski definition) is 6. The van der Waals surface area contributed by atoms with E-state index in [9.17, 15) is 0 Å². The minimum atomic E-state index is 0.250. The van der Waals surface area contributed by atoms with Gasteiger partial charge in [0, 0.05) is 25.1 Å². The Bertz CT molecular complexity index is 360. The second-order valence-electron chi connectivity index (χ2n) is 3.84. The van der Waals surface area contributed by atoms with E-state index in [1.165, 1.54) is 5.69 Å². The number of ether oxygens (including phenoxy) is 1. The summed E-state index contributed by atoms with van der Waals surface area (Å²) in [5.74, 6) is 0. The molecule has 6 heteroatoms. The number of nitrogens with zero attached hydrogens (tertiary/aromatic N) is 2. The molecule has 1 rings (SSSR count). The van der Waals surface area contributed by atoms with E-state index in [4.69, 9.17) is 14.3 Å². The standard InChI is InChI=1S/C11H20N2OS.CO2/c1-5-10-8-15-11(12-10)13(9(2)3)6-7-14-4;2-1-3/h8-9H,5-7H2,1-4H3;. The molecule has 0 N–H and O–H groups in total. The zero-order valence-electron chi connectivity index (χ0n) is 11.3. The molecule has 0 bridgehead atoms. The molecule has 0 atom stereocenters. The van der Waals surface area contributed by atoms with Gasteiger partial charge in [-0.05, 0) is 20.3 Å². The molecule has 1 aromatic rings. The van der Waals surface area contributed by atoms with E-state index >= 15 is 0 Å². The molecule has 0 saturated carbocycles. The molecular weight excluding hydrogens is 252 g/mol. The summed E-state index contributed by atoms with van der Waals surface area (Å²) < 4.78 is 5.11. The highest BCUT2D eigenvalue weighted by molar-refractivity contribution is 7.13. The minimum absolute atomic E-state index is 0.250. The van der Waals surface area contributed by atoms with Crippen LogP contribution in [-0.4, -0.2) is 37.4 Å². The molecule has 0 radical (unpaired) electrons. The largest absolute Gasteiger partial charge is 0.383 e. The first-order valence-corrected chi connectivity index (χ1v) is 6.67. The molecule has 18 heavy (non-hydrogen) atoms. The van der Waals surface area contributed by atoms with E-state index in [1.54, 1.807) is 18.4 Å². The van der Waals surface area contributed by atoms with Crippen molar-refractivity contribution in [2.75, 3.05) is 25.2 Å². The van der Waals surface area contributed by atoms with Gasteiger partial charge in [-0.3, -0.25) is 0 Å². The van der Waals surface area contributed by atoms with Crippen LogP contribution >= 0.6 is 11.3 Å².